The first-order chi connectivity index (χ1) is 17.6. The van der Waals surface area contributed by atoms with E-state index in [0.717, 1.165) is 18.9 Å². The standard InChI is InChI=1S/C25H30O12/c1-4-5-7-12-10-13-23-15(27)16-24(31,11(2)18(28)35-16)25(23,20(30)34-13)37-21-22(12,23)17(19(29)36-21)33-9-6-8-14(26)32-3/h6,8,11-13,15-17,21,27,31H,4-5,7,9-10H2,1-3H3/b8-6+/t11?,12-,13?,15-,16?,17-,21-,22?,23?,24+,25-/m1/s1. The molecule has 12 nitrogen and oxygen atoms in total. The Morgan fingerprint density at radius 2 is 1.95 bits per heavy atom. The molecule has 0 bridgehead atoms. The Labute approximate surface area is 212 Å². The van der Waals surface area contributed by atoms with E-state index in [1.54, 1.807) is 0 Å². The summed E-state index contributed by atoms with van der Waals surface area (Å²) in [7, 11) is 1.23. The Kier molecular flexibility index (Phi) is 5.19. The van der Waals surface area contributed by atoms with Gasteiger partial charge in [0.15, 0.2) is 17.8 Å². The second-order valence-corrected chi connectivity index (χ2v) is 10.8. The van der Waals surface area contributed by atoms with Crippen LogP contribution in [0.2, 0.25) is 0 Å². The van der Waals surface area contributed by atoms with Crippen LogP contribution in [0.25, 0.3) is 0 Å². The zero-order chi connectivity index (χ0) is 26.5. The van der Waals surface area contributed by atoms with Crippen molar-refractivity contribution in [3.63, 3.8) is 0 Å². The Morgan fingerprint density at radius 3 is 2.65 bits per heavy atom. The van der Waals surface area contributed by atoms with E-state index < -0.39 is 82.5 Å². The lowest BCUT2D eigenvalue weighted by Crippen LogP contribution is -2.67. The molecule has 0 aromatic rings. The Hall–Kier alpha value is -2.54. The number of esters is 4. The van der Waals surface area contributed by atoms with Crippen LogP contribution >= 0.6 is 0 Å². The van der Waals surface area contributed by atoms with Crippen LogP contribution in [0.4, 0.5) is 0 Å². The molecule has 6 fully saturated rings. The molecule has 202 valence electrons. The predicted octanol–water partition coefficient (Wildman–Crippen LogP) is -0.472. The molecule has 4 saturated heterocycles. The van der Waals surface area contributed by atoms with E-state index in [4.69, 9.17) is 23.7 Å². The molecule has 5 unspecified atom stereocenters. The molecule has 37 heavy (non-hydrogen) atoms. The molecule has 4 heterocycles. The van der Waals surface area contributed by atoms with E-state index in [1.165, 1.54) is 20.1 Å². The normalized spacial score (nSPS) is 50.5. The van der Waals surface area contributed by atoms with Crippen molar-refractivity contribution < 1.29 is 57.8 Å². The lowest BCUT2D eigenvalue weighted by molar-refractivity contribution is -0.238. The highest BCUT2D eigenvalue weighted by molar-refractivity contribution is 5.94. The Morgan fingerprint density at radius 1 is 1.19 bits per heavy atom. The fourth-order valence-electron chi connectivity index (χ4n) is 8.55. The summed E-state index contributed by atoms with van der Waals surface area (Å²) in [6.45, 7) is 3.25. The van der Waals surface area contributed by atoms with Gasteiger partial charge in [-0.3, -0.25) is 4.79 Å². The topological polar surface area (TPSA) is 164 Å². The number of fused-ring (bicyclic) bond motifs is 1. The van der Waals surface area contributed by atoms with E-state index in [2.05, 4.69) is 4.74 Å². The van der Waals surface area contributed by atoms with Crippen molar-refractivity contribution in [2.24, 2.45) is 22.7 Å². The molecule has 2 spiro atoms. The van der Waals surface area contributed by atoms with Crippen molar-refractivity contribution in [1.29, 1.82) is 0 Å². The van der Waals surface area contributed by atoms with Crippen molar-refractivity contribution in [3.05, 3.63) is 12.2 Å². The lowest BCUT2D eigenvalue weighted by atomic mass is 9.53. The third kappa shape index (κ3) is 2.36. The Bertz CT molecular complexity index is 1100. The zero-order valence-electron chi connectivity index (χ0n) is 20.7. The molecule has 0 aromatic carbocycles. The Balaban J connectivity index is 1.53. The number of hydrogen-bond donors (Lipinski definition) is 2. The third-order valence-electron chi connectivity index (χ3n) is 9.79. The fraction of sp³-hybridized carbons (Fsp3) is 0.760. The fourth-order valence-corrected chi connectivity index (χ4v) is 8.55. The van der Waals surface area contributed by atoms with Gasteiger partial charge >= 0.3 is 23.9 Å². The maximum Gasteiger partial charge on any atom is 0.343 e. The highest BCUT2D eigenvalue weighted by Crippen LogP contribution is 2.83. The van der Waals surface area contributed by atoms with Crippen LogP contribution in [0, 0.1) is 22.7 Å². The van der Waals surface area contributed by atoms with Gasteiger partial charge in [0.05, 0.1) is 30.5 Å². The summed E-state index contributed by atoms with van der Waals surface area (Å²) < 4.78 is 33.9. The average Bonchev–Trinajstić information content (AvgIpc) is 3.58. The van der Waals surface area contributed by atoms with Crippen LogP contribution in [0.1, 0.15) is 39.5 Å². The van der Waals surface area contributed by atoms with E-state index in [0.29, 0.717) is 6.42 Å². The summed E-state index contributed by atoms with van der Waals surface area (Å²) in [6, 6.07) is 0. The van der Waals surface area contributed by atoms with Gasteiger partial charge in [-0.15, -0.1) is 0 Å². The van der Waals surface area contributed by atoms with Crippen molar-refractivity contribution in [2.75, 3.05) is 13.7 Å². The first-order valence-electron chi connectivity index (χ1n) is 12.7. The van der Waals surface area contributed by atoms with Crippen molar-refractivity contribution in [1.82, 2.24) is 0 Å². The number of aliphatic hydroxyl groups is 2. The molecular weight excluding hydrogens is 492 g/mol. The zero-order valence-corrected chi connectivity index (χ0v) is 20.7. The van der Waals surface area contributed by atoms with E-state index >= 15 is 0 Å². The minimum atomic E-state index is -2.26. The molecule has 12 heteroatoms. The van der Waals surface area contributed by atoms with Gasteiger partial charge in [0.25, 0.3) is 0 Å². The summed E-state index contributed by atoms with van der Waals surface area (Å²) in [5, 5.41) is 24.0. The minimum absolute atomic E-state index is 0.179. The monoisotopic (exact) mass is 522 g/mol. The predicted molar refractivity (Wildman–Crippen MR) is 117 cm³/mol. The van der Waals surface area contributed by atoms with Crippen LogP contribution < -0.4 is 0 Å². The number of rotatable bonds is 7. The molecule has 6 aliphatic rings. The number of methoxy groups -OCH3 is 1. The first-order valence-corrected chi connectivity index (χ1v) is 12.7. The van der Waals surface area contributed by atoms with E-state index in [-0.39, 0.29) is 18.9 Å². The second kappa shape index (κ2) is 7.75. The van der Waals surface area contributed by atoms with Crippen LogP contribution in [-0.2, 0) is 47.6 Å². The molecule has 0 radical (unpaired) electrons. The number of hydrogen-bond acceptors (Lipinski definition) is 12. The molecule has 0 aromatic heterocycles. The summed E-state index contributed by atoms with van der Waals surface area (Å²) in [4.78, 5) is 51.0. The van der Waals surface area contributed by atoms with Crippen LogP contribution in [0.3, 0.4) is 0 Å². The number of carbonyl (C=O) groups excluding carboxylic acids is 4. The number of aliphatic hydroxyl groups excluding tert-OH is 1. The van der Waals surface area contributed by atoms with Crippen LogP contribution in [0.5, 0.6) is 0 Å². The number of ether oxygens (including phenoxy) is 6. The molecular formula is C25H30O12. The van der Waals surface area contributed by atoms with Crippen molar-refractivity contribution in [3.8, 4) is 0 Å². The SMILES string of the molecule is CCCC[C@@H]1CC2OC(=O)[C@@]34O[C@H]5OC(=O)[C@@H](OC/C=C/C(=O)OC)C15C23[C@H](O)C1OC(=O)C(C)[C@]14O. The average molecular weight is 523 g/mol. The maximum atomic E-state index is 13.7. The second-order valence-electron chi connectivity index (χ2n) is 10.8. The number of unbranched alkanes of at least 4 members (excludes halogenated alkanes) is 1. The summed E-state index contributed by atoms with van der Waals surface area (Å²) in [5.41, 5.74) is -7.58. The van der Waals surface area contributed by atoms with Gasteiger partial charge in [0, 0.05) is 6.08 Å². The molecule has 2 saturated carbocycles. The van der Waals surface area contributed by atoms with Gasteiger partial charge in [0.1, 0.15) is 12.2 Å². The molecule has 2 N–H and O–H groups in total. The van der Waals surface area contributed by atoms with Gasteiger partial charge in [-0.2, -0.15) is 0 Å². The van der Waals surface area contributed by atoms with Crippen LogP contribution in [0.15, 0.2) is 12.2 Å². The third-order valence-corrected chi connectivity index (χ3v) is 9.79. The van der Waals surface area contributed by atoms with E-state index in [9.17, 15) is 29.4 Å². The highest BCUT2D eigenvalue weighted by atomic mass is 16.8. The van der Waals surface area contributed by atoms with Crippen molar-refractivity contribution in [2.45, 2.75) is 81.4 Å². The molecule has 4 aliphatic heterocycles. The number of carbonyl (C=O) groups is 4. The first kappa shape index (κ1) is 24.8. The van der Waals surface area contributed by atoms with Crippen LogP contribution in [-0.4, -0.2) is 89.7 Å². The van der Waals surface area contributed by atoms with Gasteiger partial charge < -0.3 is 38.6 Å². The summed E-state index contributed by atoms with van der Waals surface area (Å²) >= 11 is 0. The summed E-state index contributed by atoms with van der Waals surface area (Å²) in [6.07, 6.45) is -1.66. The highest BCUT2D eigenvalue weighted by Gasteiger charge is 3.03. The molecule has 2 aliphatic carbocycles. The van der Waals surface area contributed by atoms with Gasteiger partial charge in [0.2, 0.25) is 11.9 Å². The van der Waals surface area contributed by atoms with Gasteiger partial charge in [-0.25, -0.2) is 14.4 Å². The summed E-state index contributed by atoms with van der Waals surface area (Å²) in [5.74, 6) is -4.64. The smallest absolute Gasteiger partial charge is 0.343 e. The molecule has 11 atom stereocenters. The minimum Gasteiger partial charge on any atom is -0.466 e. The quantitative estimate of drug-likeness (QED) is 0.251. The van der Waals surface area contributed by atoms with Crippen molar-refractivity contribution >= 4 is 23.9 Å². The molecule has 0 amide bonds. The van der Waals surface area contributed by atoms with Gasteiger partial charge in [-0.05, 0) is 25.7 Å². The van der Waals surface area contributed by atoms with E-state index in [1.807, 2.05) is 6.92 Å². The van der Waals surface area contributed by atoms with Gasteiger partial charge in [-0.1, -0.05) is 25.8 Å². The largest absolute Gasteiger partial charge is 0.466 e. The molecule has 6 rings (SSSR count). The maximum absolute atomic E-state index is 13.7. The lowest BCUT2D eigenvalue weighted by Gasteiger charge is -2.45.